The van der Waals surface area contributed by atoms with E-state index >= 15 is 0 Å². The van der Waals surface area contributed by atoms with Gasteiger partial charge in [-0.2, -0.15) is 0 Å². The van der Waals surface area contributed by atoms with Crippen molar-refractivity contribution in [2.75, 3.05) is 13.7 Å². The Labute approximate surface area is 90.3 Å². The van der Waals surface area contributed by atoms with Crippen LogP contribution >= 0.6 is 0 Å². The molecule has 1 aromatic rings. The number of benzene rings is 1. The zero-order valence-electron chi connectivity index (χ0n) is 8.86. The Balaban J connectivity index is 2.86. The summed E-state index contributed by atoms with van der Waals surface area (Å²) in [6.45, 7) is 2.37. The first-order valence-electron chi connectivity index (χ1n) is 4.74. The minimum atomic E-state index is -3.35. The molecule has 0 aliphatic carbocycles. The Hall–Kier alpha value is -1.07. The topological polar surface area (TPSA) is 55.4 Å². The van der Waals surface area contributed by atoms with Crippen molar-refractivity contribution >= 4 is 10.0 Å². The molecule has 0 heterocycles. The highest BCUT2D eigenvalue weighted by Gasteiger charge is 2.12. The van der Waals surface area contributed by atoms with E-state index in [0.29, 0.717) is 12.3 Å². The highest BCUT2D eigenvalue weighted by atomic mass is 32.2. The van der Waals surface area contributed by atoms with Gasteiger partial charge in [0.05, 0.1) is 12.0 Å². The molecule has 1 aromatic carbocycles. The smallest absolute Gasteiger partial charge is 0.240 e. The van der Waals surface area contributed by atoms with Crippen molar-refractivity contribution in [3.05, 3.63) is 24.3 Å². The first-order chi connectivity index (χ1) is 7.10. The third-order valence-electron chi connectivity index (χ3n) is 1.91. The Kier molecular flexibility index (Phi) is 4.11. The van der Waals surface area contributed by atoms with Gasteiger partial charge in [0, 0.05) is 6.54 Å². The average Bonchev–Trinajstić information content (AvgIpc) is 2.26. The van der Waals surface area contributed by atoms with Crippen LogP contribution in [0.15, 0.2) is 29.2 Å². The molecule has 15 heavy (non-hydrogen) atoms. The summed E-state index contributed by atoms with van der Waals surface area (Å²) in [4.78, 5) is 0.261. The quantitative estimate of drug-likeness (QED) is 0.830. The van der Waals surface area contributed by atoms with Gasteiger partial charge in [0.2, 0.25) is 10.0 Å². The molecule has 0 aliphatic heterocycles. The van der Waals surface area contributed by atoms with E-state index in [4.69, 9.17) is 4.74 Å². The second-order valence-corrected chi connectivity index (χ2v) is 4.84. The molecule has 1 N–H and O–H groups in total. The lowest BCUT2D eigenvalue weighted by Crippen LogP contribution is -2.24. The fraction of sp³-hybridized carbons (Fsp3) is 0.400. The Bertz CT molecular complexity index is 397. The van der Waals surface area contributed by atoms with Crippen LogP contribution in [-0.2, 0) is 10.0 Å². The summed E-state index contributed by atoms with van der Waals surface area (Å²) in [5.41, 5.74) is 0. The van der Waals surface area contributed by atoms with Gasteiger partial charge in [0.25, 0.3) is 0 Å². The van der Waals surface area contributed by atoms with Crippen LogP contribution in [0, 0.1) is 0 Å². The van der Waals surface area contributed by atoms with Crippen LogP contribution in [0.4, 0.5) is 0 Å². The van der Waals surface area contributed by atoms with Crippen molar-refractivity contribution in [1.82, 2.24) is 4.72 Å². The minimum Gasteiger partial charge on any atom is -0.497 e. The largest absolute Gasteiger partial charge is 0.497 e. The lowest BCUT2D eigenvalue weighted by atomic mass is 10.3. The third-order valence-corrected chi connectivity index (χ3v) is 3.39. The molecule has 5 heteroatoms. The van der Waals surface area contributed by atoms with Crippen molar-refractivity contribution in [1.29, 1.82) is 0 Å². The van der Waals surface area contributed by atoms with Gasteiger partial charge in [0.1, 0.15) is 5.75 Å². The molecule has 0 aromatic heterocycles. The Morgan fingerprint density at radius 1 is 1.27 bits per heavy atom. The molecule has 0 unspecified atom stereocenters. The molecule has 4 nitrogen and oxygen atoms in total. The molecule has 0 saturated carbocycles. The van der Waals surface area contributed by atoms with E-state index in [1.165, 1.54) is 12.1 Å². The summed E-state index contributed by atoms with van der Waals surface area (Å²) in [5.74, 6) is 0.643. The van der Waals surface area contributed by atoms with Crippen molar-refractivity contribution in [3.63, 3.8) is 0 Å². The molecule has 0 amide bonds. The molecular weight excluding hydrogens is 214 g/mol. The molecule has 1 rings (SSSR count). The Morgan fingerprint density at radius 2 is 1.87 bits per heavy atom. The zero-order chi connectivity index (χ0) is 11.3. The first-order valence-corrected chi connectivity index (χ1v) is 6.22. The number of rotatable bonds is 5. The van der Waals surface area contributed by atoms with E-state index < -0.39 is 10.0 Å². The van der Waals surface area contributed by atoms with E-state index in [0.717, 1.165) is 6.42 Å². The second kappa shape index (κ2) is 5.14. The number of sulfonamides is 1. The standard InChI is InChI=1S/C10H15NO3S/c1-3-8-11-15(12,13)10-6-4-9(14-2)5-7-10/h4-7,11H,3,8H2,1-2H3. The lowest BCUT2D eigenvalue weighted by Gasteiger charge is -2.06. The third kappa shape index (κ3) is 3.21. The van der Waals surface area contributed by atoms with Gasteiger partial charge in [-0.3, -0.25) is 0 Å². The van der Waals surface area contributed by atoms with Crippen molar-refractivity contribution in [2.24, 2.45) is 0 Å². The van der Waals surface area contributed by atoms with E-state index in [1.54, 1.807) is 19.2 Å². The summed E-state index contributed by atoms with van der Waals surface area (Å²) in [6, 6.07) is 6.30. The fourth-order valence-electron chi connectivity index (χ4n) is 1.07. The summed E-state index contributed by atoms with van der Waals surface area (Å²) in [7, 11) is -1.81. The highest BCUT2D eigenvalue weighted by molar-refractivity contribution is 7.89. The lowest BCUT2D eigenvalue weighted by molar-refractivity contribution is 0.414. The molecule has 0 atom stereocenters. The summed E-state index contributed by atoms with van der Waals surface area (Å²) in [5, 5.41) is 0. The van der Waals surface area contributed by atoms with Gasteiger partial charge >= 0.3 is 0 Å². The Morgan fingerprint density at radius 3 is 2.33 bits per heavy atom. The average molecular weight is 229 g/mol. The van der Waals surface area contributed by atoms with E-state index in [9.17, 15) is 8.42 Å². The second-order valence-electron chi connectivity index (χ2n) is 3.07. The van der Waals surface area contributed by atoms with Crippen LogP contribution in [0.2, 0.25) is 0 Å². The summed E-state index contributed by atoms with van der Waals surface area (Å²) < 4.78 is 30.7. The summed E-state index contributed by atoms with van der Waals surface area (Å²) in [6.07, 6.45) is 0.773. The number of ether oxygens (including phenoxy) is 1. The van der Waals surface area contributed by atoms with E-state index in [2.05, 4.69) is 4.72 Å². The monoisotopic (exact) mass is 229 g/mol. The molecule has 84 valence electrons. The van der Waals surface area contributed by atoms with Gasteiger partial charge < -0.3 is 4.74 Å². The van der Waals surface area contributed by atoms with Crippen molar-refractivity contribution in [2.45, 2.75) is 18.2 Å². The maximum absolute atomic E-state index is 11.6. The molecule has 0 radical (unpaired) electrons. The molecule has 0 bridgehead atoms. The van der Waals surface area contributed by atoms with Crippen LogP contribution in [0.25, 0.3) is 0 Å². The van der Waals surface area contributed by atoms with Crippen molar-refractivity contribution < 1.29 is 13.2 Å². The molecule has 0 spiro atoms. The van der Waals surface area contributed by atoms with Gasteiger partial charge in [-0.1, -0.05) is 6.92 Å². The number of hydrogen-bond donors (Lipinski definition) is 1. The van der Waals surface area contributed by atoms with Crippen LogP contribution in [0.5, 0.6) is 5.75 Å². The zero-order valence-corrected chi connectivity index (χ0v) is 9.67. The fourth-order valence-corrected chi connectivity index (χ4v) is 2.21. The maximum atomic E-state index is 11.6. The van der Waals surface area contributed by atoms with Crippen LogP contribution in [0.1, 0.15) is 13.3 Å². The van der Waals surface area contributed by atoms with E-state index in [-0.39, 0.29) is 4.90 Å². The summed E-state index contributed by atoms with van der Waals surface area (Å²) >= 11 is 0. The van der Waals surface area contributed by atoms with Gasteiger partial charge in [-0.15, -0.1) is 0 Å². The van der Waals surface area contributed by atoms with E-state index in [1.807, 2.05) is 6.92 Å². The predicted octanol–water partition coefficient (Wildman–Crippen LogP) is 1.38. The number of hydrogen-bond acceptors (Lipinski definition) is 3. The molecule has 0 fully saturated rings. The van der Waals surface area contributed by atoms with Crippen LogP contribution in [0.3, 0.4) is 0 Å². The molecule has 0 saturated heterocycles. The first kappa shape index (κ1) is 12.0. The number of methoxy groups -OCH3 is 1. The van der Waals surface area contributed by atoms with Gasteiger partial charge in [-0.05, 0) is 30.7 Å². The molecular formula is C10H15NO3S. The van der Waals surface area contributed by atoms with Crippen LogP contribution in [-0.4, -0.2) is 22.1 Å². The normalized spacial score (nSPS) is 11.3. The van der Waals surface area contributed by atoms with Crippen LogP contribution < -0.4 is 9.46 Å². The minimum absolute atomic E-state index is 0.261. The maximum Gasteiger partial charge on any atom is 0.240 e. The predicted molar refractivity (Wildman–Crippen MR) is 58.5 cm³/mol. The van der Waals surface area contributed by atoms with Gasteiger partial charge in [-0.25, -0.2) is 13.1 Å². The van der Waals surface area contributed by atoms with Gasteiger partial charge in [0.15, 0.2) is 0 Å². The molecule has 0 aliphatic rings. The SMILES string of the molecule is CCCNS(=O)(=O)c1ccc(OC)cc1. The number of nitrogens with one attached hydrogen (secondary N) is 1. The van der Waals surface area contributed by atoms with Crippen molar-refractivity contribution in [3.8, 4) is 5.75 Å². The highest BCUT2D eigenvalue weighted by Crippen LogP contribution is 2.14.